The Kier molecular flexibility index (Phi) is 3.58. The second kappa shape index (κ2) is 5.75. The van der Waals surface area contributed by atoms with Crippen molar-refractivity contribution in [2.45, 2.75) is 31.3 Å². The van der Waals surface area contributed by atoms with Gasteiger partial charge in [0.05, 0.1) is 12.0 Å². The number of nitro benzene ring substituents is 1. The average molecular weight is 389 g/mol. The molecule has 4 atom stereocenters. The average Bonchev–Trinajstić information content (AvgIpc) is 3.35. The SMILES string of the molecule is COc1ccc([C@]23N=N[C@](c4ccc([N+](=O)[O-])cc4)([C@@H]4C=CC[C@@H]42)C3(C)C)cc1. The van der Waals surface area contributed by atoms with E-state index in [9.17, 15) is 10.1 Å². The van der Waals surface area contributed by atoms with Crippen LogP contribution in [0.1, 0.15) is 31.4 Å². The van der Waals surface area contributed by atoms with E-state index in [1.807, 2.05) is 24.3 Å². The lowest BCUT2D eigenvalue weighted by Gasteiger charge is -2.41. The topological polar surface area (TPSA) is 77.1 Å². The Morgan fingerprint density at radius 1 is 1.00 bits per heavy atom. The highest BCUT2D eigenvalue weighted by molar-refractivity contribution is 5.49. The molecule has 2 aliphatic carbocycles. The number of hydrogen-bond acceptors (Lipinski definition) is 5. The Labute approximate surface area is 169 Å². The van der Waals surface area contributed by atoms with Crippen LogP contribution in [0, 0.1) is 27.4 Å². The molecule has 29 heavy (non-hydrogen) atoms. The fraction of sp³-hybridized carbons (Fsp3) is 0.391. The summed E-state index contributed by atoms with van der Waals surface area (Å²) < 4.78 is 5.35. The molecule has 0 saturated heterocycles. The van der Waals surface area contributed by atoms with Gasteiger partial charge in [-0.05, 0) is 41.8 Å². The summed E-state index contributed by atoms with van der Waals surface area (Å²) >= 11 is 0. The van der Waals surface area contributed by atoms with Gasteiger partial charge >= 0.3 is 0 Å². The van der Waals surface area contributed by atoms with E-state index in [1.165, 1.54) is 0 Å². The van der Waals surface area contributed by atoms with Gasteiger partial charge in [0.1, 0.15) is 16.8 Å². The van der Waals surface area contributed by atoms with Gasteiger partial charge in [0.2, 0.25) is 0 Å². The number of methoxy groups -OCH3 is 1. The minimum Gasteiger partial charge on any atom is -0.497 e. The van der Waals surface area contributed by atoms with Crippen molar-refractivity contribution >= 4 is 5.69 Å². The number of rotatable bonds is 4. The van der Waals surface area contributed by atoms with Gasteiger partial charge in [0.15, 0.2) is 0 Å². The standard InChI is InChI=1S/C23H23N3O3/c1-21(2)22(15-7-11-17(12-8-15)26(27)28)19-5-4-6-20(19)23(21,25-24-22)16-9-13-18(29-3)14-10-16/h4-5,7-14,19-20H,6H2,1-3H3/t19-,20+,22-,23+/m1/s1. The molecule has 1 fully saturated rings. The van der Waals surface area contributed by atoms with Crippen LogP contribution in [-0.2, 0) is 11.1 Å². The summed E-state index contributed by atoms with van der Waals surface area (Å²) in [5.41, 5.74) is 0.939. The number of fused-ring (bicyclic) bond motifs is 5. The van der Waals surface area contributed by atoms with Gasteiger partial charge in [-0.15, -0.1) is 0 Å². The predicted octanol–water partition coefficient (Wildman–Crippen LogP) is 5.39. The third-order valence-corrected chi connectivity index (χ3v) is 7.51. The largest absolute Gasteiger partial charge is 0.497 e. The Morgan fingerprint density at radius 2 is 1.59 bits per heavy atom. The molecule has 0 amide bonds. The second-order valence-corrected chi connectivity index (χ2v) is 8.69. The van der Waals surface area contributed by atoms with E-state index in [0.717, 1.165) is 23.3 Å². The first-order valence-electron chi connectivity index (χ1n) is 9.88. The highest BCUT2D eigenvalue weighted by atomic mass is 16.6. The zero-order valence-corrected chi connectivity index (χ0v) is 16.7. The van der Waals surface area contributed by atoms with Crippen LogP contribution in [0.3, 0.4) is 0 Å². The number of nitro groups is 1. The van der Waals surface area contributed by atoms with Crippen molar-refractivity contribution < 1.29 is 9.66 Å². The lowest BCUT2D eigenvalue weighted by Crippen LogP contribution is -2.44. The molecule has 2 aromatic carbocycles. The van der Waals surface area contributed by atoms with E-state index in [0.29, 0.717) is 5.92 Å². The lowest BCUT2D eigenvalue weighted by atomic mass is 9.61. The molecular formula is C23H23N3O3. The molecule has 1 heterocycles. The van der Waals surface area contributed by atoms with Crippen LogP contribution in [0.15, 0.2) is 70.9 Å². The maximum absolute atomic E-state index is 11.1. The third-order valence-electron chi connectivity index (χ3n) is 7.51. The molecule has 5 rings (SSSR count). The fourth-order valence-electron chi connectivity index (χ4n) is 6.16. The van der Waals surface area contributed by atoms with Crippen molar-refractivity contribution in [3.05, 3.63) is 81.9 Å². The number of hydrogen-bond donors (Lipinski definition) is 0. The number of non-ortho nitro benzene ring substituents is 1. The zero-order chi connectivity index (χ0) is 20.4. The molecule has 6 nitrogen and oxygen atoms in total. The summed E-state index contributed by atoms with van der Waals surface area (Å²) in [6, 6.07) is 15.0. The molecule has 0 radical (unpaired) electrons. The first-order valence-corrected chi connectivity index (χ1v) is 9.88. The van der Waals surface area contributed by atoms with Crippen molar-refractivity contribution in [2.75, 3.05) is 7.11 Å². The maximum Gasteiger partial charge on any atom is 0.269 e. The van der Waals surface area contributed by atoms with Crippen LogP contribution in [0.4, 0.5) is 5.69 Å². The second-order valence-electron chi connectivity index (χ2n) is 8.69. The Hall–Kier alpha value is -3.02. The van der Waals surface area contributed by atoms with Gasteiger partial charge in [-0.25, -0.2) is 0 Å². The zero-order valence-electron chi connectivity index (χ0n) is 16.7. The monoisotopic (exact) mass is 389 g/mol. The minimum absolute atomic E-state index is 0.0934. The van der Waals surface area contributed by atoms with Gasteiger partial charge in [-0.2, -0.15) is 10.2 Å². The van der Waals surface area contributed by atoms with Gasteiger partial charge < -0.3 is 4.74 Å². The number of azo groups is 1. The maximum atomic E-state index is 11.1. The molecule has 0 spiro atoms. The van der Waals surface area contributed by atoms with E-state index in [-0.39, 0.29) is 21.9 Å². The molecule has 0 aromatic heterocycles. The molecule has 0 N–H and O–H groups in total. The lowest BCUT2D eigenvalue weighted by molar-refractivity contribution is -0.384. The highest BCUT2D eigenvalue weighted by Crippen LogP contribution is 2.76. The number of ether oxygens (including phenoxy) is 1. The quantitative estimate of drug-likeness (QED) is 0.399. The predicted molar refractivity (Wildman–Crippen MR) is 109 cm³/mol. The molecule has 1 saturated carbocycles. The van der Waals surface area contributed by atoms with E-state index >= 15 is 0 Å². The Morgan fingerprint density at radius 3 is 2.21 bits per heavy atom. The van der Waals surface area contributed by atoms with Crippen LogP contribution in [0.5, 0.6) is 5.75 Å². The fourth-order valence-corrected chi connectivity index (χ4v) is 6.16. The molecule has 0 unspecified atom stereocenters. The summed E-state index contributed by atoms with van der Waals surface area (Å²) in [5, 5.41) is 21.0. The van der Waals surface area contributed by atoms with Crippen LogP contribution >= 0.6 is 0 Å². The van der Waals surface area contributed by atoms with Crippen LogP contribution in [-0.4, -0.2) is 12.0 Å². The molecule has 148 valence electrons. The van der Waals surface area contributed by atoms with Crippen molar-refractivity contribution in [3.8, 4) is 5.75 Å². The first kappa shape index (κ1) is 18.0. The van der Waals surface area contributed by atoms with Crippen molar-refractivity contribution in [1.29, 1.82) is 0 Å². The summed E-state index contributed by atoms with van der Waals surface area (Å²) in [4.78, 5) is 10.8. The summed E-state index contributed by atoms with van der Waals surface area (Å²) in [7, 11) is 1.67. The summed E-state index contributed by atoms with van der Waals surface area (Å²) in [6.07, 6.45) is 5.46. The van der Waals surface area contributed by atoms with Crippen LogP contribution in [0.25, 0.3) is 0 Å². The Bertz CT molecular complexity index is 1040. The van der Waals surface area contributed by atoms with Crippen molar-refractivity contribution in [1.82, 2.24) is 0 Å². The molecule has 3 aliphatic rings. The van der Waals surface area contributed by atoms with Crippen LogP contribution < -0.4 is 4.74 Å². The van der Waals surface area contributed by atoms with Crippen molar-refractivity contribution in [2.24, 2.45) is 27.5 Å². The van der Waals surface area contributed by atoms with Crippen LogP contribution in [0.2, 0.25) is 0 Å². The van der Waals surface area contributed by atoms with E-state index in [4.69, 9.17) is 15.0 Å². The number of benzene rings is 2. The molecular weight excluding hydrogens is 366 g/mol. The third kappa shape index (κ3) is 1.96. The highest BCUT2D eigenvalue weighted by Gasteiger charge is 2.77. The van der Waals surface area contributed by atoms with Gasteiger partial charge in [-0.1, -0.05) is 38.1 Å². The van der Waals surface area contributed by atoms with E-state index in [1.54, 1.807) is 19.2 Å². The van der Waals surface area contributed by atoms with E-state index < -0.39 is 11.1 Å². The van der Waals surface area contributed by atoms with E-state index in [2.05, 4.69) is 38.1 Å². The number of nitrogens with zero attached hydrogens (tertiary/aromatic N) is 3. The summed E-state index contributed by atoms with van der Waals surface area (Å²) in [6.45, 7) is 4.48. The first-order chi connectivity index (χ1) is 13.9. The summed E-state index contributed by atoms with van der Waals surface area (Å²) in [5.74, 6) is 1.33. The molecule has 2 bridgehead atoms. The Balaban J connectivity index is 1.69. The van der Waals surface area contributed by atoms with Gasteiger partial charge in [0, 0.05) is 29.4 Å². The molecule has 1 aliphatic heterocycles. The molecule has 2 aromatic rings. The van der Waals surface area contributed by atoms with Gasteiger partial charge in [-0.3, -0.25) is 10.1 Å². The number of allylic oxidation sites excluding steroid dienone is 1. The normalized spacial score (nSPS) is 33.1. The smallest absolute Gasteiger partial charge is 0.269 e. The van der Waals surface area contributed by atoms with Crippen molar-refractivity contribution in [3.63, 3.8) is 0 Å². The van der Waals surface area contributed by atoms with Gasteiger partial charge in [0.25, 0.3) is 5.69 Å². The molecule has 6 heteroatoms. The minimum atomic E-state index is -0.542.